The second-order valence-electron chi connectivity index (χ2n) is 10.5. The van der Waals surface area contributed by atoms with Crippen molar-refractivity contribution in [2.75, 3.05) is 24.6 Å². The summed E-state index contributed by atoms with van der Waals surface area (Å²) >= 11 is 0. The van der Waals surface area contributed by atoms with Crippen molar-refractivity contribution in [1.29, 1.82) is 0 Å². The van der Waals surface area contributed by atoms with E-state index in [9.17, 15) is 0 Å². The number of rotatable bonds is 28. The van der Waals surface area contributed by atoms with Crippen LogP contribution in [-0.2, 0) is 0 Å². The van der Waals surface area contributed by atoms with E-state index < -0.39 is 7.26 Å². The van der Waals surface area contributed by atoms with Crippen LogP contribution in [0.3, 0.4) is 0 Å². The zero-order valence-corrected chi connectivity index (χ0v) is 23.6. The first-order valence-corrected chi connectivity index (χ1v) is 17.5. The van der Waals surface area contributed by atoms with Crippen LogP contribution in [0.15, 0.2) is 50.6 Å². The maximum absolute atomic E-state index is 3.89. The van der Waals surface area contributed by atoms with Crippen LogP contribution in [0.5, 0.6) is 0 Å². The molecule has 0 radical (unpaired) electrons. The number of allylic oxidation sites excluding steroid dienone is 4. The topological polar surface area (TPSA) is 0 Å². The van der Waals surface area contributed by atoms with Crippen molar-refractivity contribution in [3.05, 3.63) is 50.6 Å². The van der Waals surface area contributed by atoms with Gasteiger partial charge in [-0.25, -0.2) is 0 Å². The van der Waals surface area contributed by atoms with Gasteiger partial charge in [-0.15, -0.1) is 0 Å². The SMILES string of the molecule is C=CCCCCCC[PH](CCCCCCC=C)(CCCCCCC=C)CCCCCCC=C. The molecule has 0 fully saturated rings. The molecule has 0 rings (SSSR count). The van der Waals surface area contributed by atoms with Gasteiger partial charge in [-0.1, -0.05) is 0 Å². The molecular formula is C32H61P. The molecule has 0 heterocycles. The number of hydrogen-bond donors (Lipinski definition) is 0. The van der Waals surface area contributed by atoms with Gasteiger partial charge in [0.05, 0.1) is 0 Å². The molecule has 0 aliphatic carbocycles. The Morgan fingerprint density at radius 1 is 0.303 bits per heavy atom. The van der Waals surface area contributed by atoms with E-state index in [0.717, 1.165) is 0 Å². The van der Waals surface area contributed by atoms with Gasteiger partial charge >= 0.3 is 211 Å². The van der Waals surface area contributed by atoms with Crippen LogP contribution in [0.25, 0.3) is 0 Å². The Labute approximate surface area is 210 Å². The van der Waals surface area contributed by atoms with Crippen LogP contribution < -0.4 is 0 Å². The fourth-order valence-electron chi connectivity index (χ4n) is 5.32. The van der Waals surface area contributed by atoms with E-state index in [1.54, 1.807) is 24.6 Å². The molecule has 0 saturated carbocycles. The van der Waals surface area contributed by atoms with Gasteiger partial charge in [-0.3, -0.25) is 0 Å². The summed E-state index contributed by atoms with van der Waals surface area (Å²) in [6.07, 6.45) is 42.3. The normalized spacial score (nSPS) is 11.9. The molecule has 0 atom stereocenters. The van der Waals surface area contributed by atoms with Crippen LogP contribution in [0.2, 0.25) is 0 Å². The Hall–Kier alpha value is -0.610. The Morgan fingerprint density at radius 3 is 0.727 bits per heavy atom. The minimum atomic E-state index is -1.15. The van der Waals surface area contributed by atoms with E-state index in [2.05, 4.69) is 50.6 Å². The number of hydrogen-bond acceptors (Lipinski definition) is 0. The summed E-state index contributed by atoms with van der Waals surface area (Å²) in [5.41, 5.74) is 0. The molecule has 0 aromatic rings. The van der Waals surface area contributed by atoms with Crippen molar-refractivity contribution in [2.24, 2.45) is 0 Å². The summed E-state index contributed by atoms with van der Waals surface area (Å²) in [4.78, 5) is 0. The molecular weight excluding hydrogens is 415 g/mol. The van der Waals surface area contributed by atoms with E-state index in [4.69, 9.17) is 0 Å². The Morgan fingerprint density at radius 2 is 0.515 bits per heavy atom. The molecule has 0 aliphatic heterocycles. The van der Waals surface area contributed by atoms with Gasteiger partial charge in [-0.05, 0) is 0 Å². The molecule has 0 N–H and O–H groups in total. The summed E-state index contributed by atoms with van der Waals surface area (Å²) < 4.78 is 0. The predicted molar refractivity (Wildman–Crippen MR) is 161 cm³/mol. The summed E-state index contributed by atoms with van der Waals surface area (Å²) in [6, 6.07) is 0. The molecule has 0 nitrogen and oxygen atoms in total. The molecule has 194 valence electrons. The van der Waals surface area contributed by atoms with Gasteiger partial charge in [-0.2, -0.15) is 0 Å². The van der Waals surface area contributed by atoms with Crippen molar-refractivity contribution in [3.63, 3.8) is 0 Å². The summed E-state index contributed by atoms with van der Waals surface area (Å²) in [5.74, 6) is 0. The average molecular weight is 477 g/mol. The first-order chi connectivity index (χ1) is 16.2. The first-order valence-electron chi connectivity index (χ1n) is 14.7. The standard InChI is InChI=1S/C32H61P/c1-5-9-13-17-21-25-29-33(30-26-22-18-14-10-6-2,31-27-23-19-15-11-7-3)32-28-24-20-16-12-8-4/h5-8,33H,1-4,9-32H2. The van der Waals surface area contributed by atoms with Crippen molar-refractivity contribution >= 4 is 7.26 Å². The summed E-state index contributed by atoms with van der Waals surface area (Å²) in [5, 5.41) is 0. The minimum absolute atomic E-state index is 1.15. The second kappa shape index (κ2) is 26.0. The maximum atomic E-state index is 3.89. The van der Waals surface area contributed by atoms with Gasteiger partial charge in [0.25, 0.3) is 0 Å². The fourth-order valence-corrected chi connectivity index (χ4v) is 10.8. The molecule has 0 bridgehead atoms. The Kier molecular flexibility index (Phi) is 25.5. The van der Waals surface area contributed by atoms with Crippen LogP contribution in [-0.4, -0.2) is 24.6 Å². The molecule has 1 heteroatoms. The zero-order valence-electron chi connectivity index (χ0n) is 22.6. The van der Waals surface area contributed by atoms with Crippen LogP contribution in [0.1, 0.15) is 128 Å². The van der Waals surface area contributed by atoms with Crippen LogP contribution >= 0.6 is 7.26 Å². The van der Waals surface area contributed by atoms with Crippen LogP contribution in [0, 0.1) is 0 Å². The third kappa shape index (κ3) is 21.6. The van der Waals surface area contributed by atoms with Gasteiger partial charge in [0.15, 0.2) is 0 Å². The molecule has 0 saturated heterocycles. The zero-order chi connectivity index (χ0) is 24.3. The third-order valence-corrected chi connectivity index (χ3v) is 13.1. The van der Waals surface area contributed by atoms with Gasteiger partial charge in [0.1, 0.15) is 0 Å². The van der Waals surface area contributed by atoms with Crippen molar-refractivity contribution < 1.29 is 0 Å². The van der Waals surface area contributed by atoms with E-state index in [0.29, 0.717) is 0 Å². The monoisotopic (exact) mass is 476 g/mol. The van der Waals surface area contributed by atoms with Gasteiger partial charge in [0.2, 0.25) is 0 Å². The molecule has 33 heavy (non-hydrogen) atoms. The second-order valence-corrected chi connectivity index (χ2v) is 15.5. The van der Waals surface area contributed by atoms with Gasteiger partial charge in [0, 0.05) is 0 Å². The quantitative estimate of drug-likeness (QED) is 0.0598. The molecule has 0 aromatic carbocycles. The number of unbranched alkanes of at least 4 members (excludes halogenated alkanes) is 16. The molecule has 0 spiro atoms. The summed E-state index contributed by atoms with van der Waals surface area (Å²) in [6.45, 7) is 15.6. The molecule has 0 aliphatic rings. The summed E-state index contributed by atoms with van der Waals surface area (Å²) in [7, 11) is -1.15. The molecule has 0 aromatic heterocycles. The van der Waals surface area contributed by atoms with Crippen molar-refractivity contribution in [2.45, 2.75) is 128 Å². The van der Waals surface area contributed by atoms with E-state index in [1.807, 2.05) is 0 Å². The molecule has 0 amide bonds. The van der Waals surface area contributed by atoms with Crippen molar-refractivity contribution in [1.82, 2.24) is 0 Å². The third-order valence-electron chi connectivity index (χ3n) is 7.46. The first kappa shape index (κ1) is 32.4. The molecule has 0 unspecified atom stereocenters. The van der Waals surface area contributed by atoms with Crippen molar-refractivity contribution in [3.8, 4) is 0 Å². The van der Waals surface area contributed by atoms with E-state index in [1.165, 1.54) is 128 Å². The predicted octanol–water partition coefficient (Wildman–Crippen LogP) is 11.3. The fraction of sp³-hybridized carbons (Fsp3) is 0.750. The Bertz CT molecular complexity index is 364. The van der Waals surface area contributed by atoms with E-state index >= 15 is 0 Å². The average Bonchev–Trinajstić information content (AvgIpc) is 2.83. The van der Waals surface area contributed by atoms with E-state index in [-0.39, 0.29) is 0 Å². The Balaban J connectivity index is 4.80. The van der Waals surface area contributed by atoms with Gasteiger partial charge < -0.3 is 0 Å². The van der Waals surface area contributed by atoms with Crippen LogP contribution in [0.4, 0.5) is 0 Å².